The summed E-state index contributed by atoms with van der Waals surface area (Å²) in [4.78, 5) is 16.1. The Labute approximate surface area is 122 Å². The molecule has 1 aliphatic heterocycles. The average Bonchev–Trinajstić information content (AvgIpc) is 3.08. The molecule has 0 bridgehead atoms. The van der Waals surface area contributed by atoms with E-state index < -0.39 is 0 Å². The minimum atomic E-state index is -0.148. The van der Waals surface area contributed by atoms with Gasteiger partial charge >= 0.3 is 0 Å². The molecule has 1 amide bonds. The zero-order valence-electron chi connectivity index (χ0n) is 11.6. The Morgan fingerprint density at radius 1 is 1.33 bits per heavy atom. The van der Waals surface area contributed by atoms with E-state index in [0.29, 0.717) is 19.0 Å². The number of nitrogens with zero attached hydrogens (tertiary/aromatic N) is 1. The Hall–Kier alpha value is -2.18. The molecular weight excluding hydrogens is 268 g/mol. The summed E-state index contributed by atoms with van der Waals surface area (Å²) in [5, 5.41) is 9.33. The number of aromatic nitrogens is 1. The maximum Gasteiger partial charge on any atom is 0.238 e. The molecule has 1 aromatic heterocycles. The van der Waals surface area contributed by atoms with Crippen molar-refractivity contribution in [1.29, 1.82) is 0 Å². The van der Waals surface area contributed by atoms with Crippen LogP contribution in [0.15, 0.2) is 41.1 Å². The number of hydrogen-bond donors (Lipinski definition) is 3. The average molecular weight is 286 g/mol. The molecule has 1 unspecified atom stereocenters. The quantitative estimate of drug-likeness (QED) is 0.763. The number of piperazine rings is 1. The van der Waals surface area contributed by atoms with Gasteiger partial charge in [0.1, 0.15) is 6.26 Å². The van der Waals surface area contributed by atoms with Gasteiger partial charge < -0.3 is 20.4 Å². The highest BCUT2D eigenvalue weighted by Crippen LogP contribution is 2.17. The number of rotatable bonds is 4. The largest absolute Gasteiger partial charge is 0.445 e. The summed E-state index contributed by atoms with van der Waals surface area (Å²) in [6.45, 7) is 2.92. The Bertz CT molecular complexity index is 574. The summed E-state index contributed by atoms with van der Waals surface area (Å²) in [5.41, 5.74) is 1.97. The van der Waals surface area contributed by atoms with E-state index in [1.165, 1.54) is 0 Å². The van der Waals surface area contributed by atoms with E-state index in [9.17, 15) is 4.79 Å². The standard InChI is InChI=1S/C15H18N4O2/c20-14(13-10-16-5-6-17-13)19-9-11-1-3-12(4-2-11)15-18-7-8-21-15/h1-4,7-8,13,16-17H,5-6,9-10H2,(H,19,20). The Balaban J connectivity index is 1.54. The van der Waals surface area contributed by atoms with Gasteiger partial charge in [-0.15, -0.1) is 0 Å². The third kappa shape index (κ3) is 3.48. The van der Waals surface area contributed by atoms with Crippen LogP contribution in [0.5, 0.6) is 0 Å². The minimum absolute atomic E-state index is 0.0268. The zero-order valence-corrected chi connectivity index (χ0v) is 11.6. The molecule has 2 aromatic rings. The summed E-state index contributed by atoms with van der Waals surface area (Å²) in [7, 11) is 0. The van der Waals surface area contributed by atoms with Crippen molar-refractivity contribution in [2.24, 2.45) is 0 Å². The van der Waals surface area contributed by atoms with Gasteiger partial charge in [0, 0.05) is 31.7 Å². The van der Waals surface area contributed by atoms with Crippen LogP contribution in [0.3, 0.4) is 0 Å². The van der Waals surface area contributed by atoms with Crippen molar-refractivity contribution in [1.82, 2.24) is 20.9 Å². The molecule has 0 aliphatic carbocycles. The van der Waals surface area contributed by atoms with Gasteiger partial charge in [-0.05, 0) is 17.7 Å². The number of carbonyl (C=O) groups excluding carboxylic acids is 1. The lowest BCUT2D eigenvalue weighted by atomic mass is 10.1. The first-order valence-electron chi connectivity index (χ1n) is 7.03. The number of amides is 1. The lowest BCUT2D eigenvalue weighted by Crippen LogP contribution is -2.55. The third-order valence-electron chi connectivity index (χ3n) is 3.46. The lowest BCUT2D eigenvalue weighted by Gasteiger charge is -2.23. The molecule has 6 heteroatoms. The Morgan fingerprint density at radius 2 is 2.19 bits per heavy atom. The smallest absolute Gasteiger partial charge is 0.238 e. The van der Waals surface area contributed by atoms with Crippen LogP contribution in [0.2, 0.25) is 0 Å². The van der Waals surface area contributed by atoms with Crippen molar-refractivity contribution >= 4 is 5.91 Å². The van der Waals surface area contributed by atoms with Gasteiger partial charge in [-0.25, -0.2) is 4.98 Å². The second kappa shape index (κ2) is 6.51. The SMILES string of the molecule is O=C(NCc1ccc(-c2ncco2)cc1)C1CNCCN1. The summed E-state index contributed by atoms with van der Waals surface area (Å²) >= 11 is 0. The molecule has 3 N–H and O–H groups in total. The van der Waals surface area contributed by atoms with Crippen LogP contribution in [-0.4, -0.2) is 36.6 Å². The van der Waals surface area contributed by atoms with E-state index >= 15 is 0 Å². The highest BCUT2D eigenvalue weighted by atomic mass is 16.3. The molecule has 1 atom stereocenters. The molecule has 1 aromatic carbocycles. The maximum absolute atomic E-state index is 12.0. The molecule has 1 aliphatic rings. The normalized spacial score (nSPS) is 18.4. The number of oxazole rings is 1. The number of benzene rings is 1. The molecule has 3 rings (SSSR count). The van der Waals surface area contributed by atoms with Crippen LogP contribution in [-0.2, 0) is 11.3 Å². The predicted molar refractivity (Wildman–Crippen MR) is 78.4 cm³/mol. The van der Waals surface area contributed by atoms with Gasteiger partial charge in [-0.1, -0.05) is 12.1 Å². The van der Waals surface area contributed by atoms with Gasteiger partial charge in [-0.2, -0.15) is 0 Å². The van der Waals surface area contributed by atoms with Crippen LogP contribution >= 0.6 is 0 Å². The van der Waals surface area contributed by atoms with Gasteiger partial charge in [-0.3, -0.25) is 4.79 Å². The monoisotopic (exact) mass is 286 g/mol. The van der Waals surface area contributed by atoms with E-state index in [-0.39, 0.29) is 11.9 Å². The number of hydrogen-bond acceptors (Lipinski definition) is 5. The fourth-order valence-corrected chi connectivity index (χ4v) is 2.28. The van der Waals surface area contributed by atoms with E-state index in [0.717, 1.165) is 24.2 Å². The molecule has 0 saturated carbocycles. The van der Waals surface area contributed by atoms with Gasteiger partial charge in [0.05, 0.1) is 12.2 Å². The molecule has 110 valence electrons. The number of nitrogens with one attached hydrogen (secondary N) is 3. The van der Waals surface area contributed by atoms with E-state index in [2.05, 4.69) is 20.9 Å². The summed E-state index contributed by atoms with van der Waals surface area (Å²) in [6, 6.07) is 7.66. The highest BCUT2D eigenvalue weighted by Gasteiger charge is 2.19. The zero-order chi connectivity index (χ0) is 14.5. The predicted octanol–water partition coefficient (Wildman–Crippen LogP) is 0.519. The Morgan fingerprint density at radius 3 is 2.86 bits per heavy atom. The van der Waals surface area contributed by atoms with Crippen molar-refractivity contribution in [3.8, 4) is 11.5 Å². The first-order chi connectivity index (χ1) is 10.3. The van der Waals surface area contributed by atoms with Gasteiger partial charge in [0.15, 0.2) is 0 Å². The molecule has 1 saturated heterocycles. The summed E-state index contributed by atoms with van der Waals surface area (Å²) in [6.07, 6.45) is 3.17. The molecule has 6 nitrogen and oxygen atoms in total. The van der Waals surface area contributed by atoms with Gasteiger partial charge in [0.2, 0.25) is 11.8 Å². The Kier molecular flexibility index (Phi) is 4.28. The fourth-order valence-electron chi connectivity index (χ4n) is 2.28. The second-order valence-electron chi connectivity index (χ2n) is 4.96. The molecule has 2 heterocycles. The first kappa shape index (κ1) is 13.8. The molecule has 21 heavy (non-hydrogen) atoms. The van der Waals surface area contributed by atoms with Crippen LogP contribution in [0, 0.1) is 0 Å². The molecule has 0 radical (unpaired) electrons. The van der Waals surface area contributed by atoms with Crippen molar-refractivity contribution in [3.63, 3.8) is 0 Å². The maximum atomic E-state index is 12.0. The van der Waals surface area contributed by atoms with Crippen molar-refractivity contribution in [3.05, 3.63) is 42.3 Å². The van der Waals surface area contributed by atoms with Gasteiger partial charge in [0.25, 0.3) is 0 Å². The van der Waals surface area contributed by atoms with Crippen LogP contribution in [0.25, 0.3) is 11.5 Å². The van der Waals surface area contributed by atoms with E-state index in [1.54, 1.807) is 12.5 Å². The van der Waals surface area contributed by atoms with E-state index in [4.69, 9.17) is 4.42 Å². The summed E-state index contributed by atoms with van der Waals surface area (Å²) < 4.78 is 5.24. The minimum Gasteiger partial charge on any atom is -0.445 e. The first-order valence-corrected chi connectivity index (χ1v) is 7.03. The lowest BCUT2D eigenvalue weighted by molar-refractivity contribution is -0.123. The molecular formula is C15H18N4O2. The van der Waals surface area contributed by atoms with Crippen molar-refractivity contribution in [2.75, 3.05) is 19.6 Å². The molecule has 0 spiro atoms. The van der Waals surface area contributed by atoms with E-state index in [1.807, 2.05) is 24.3 Å². The summed E-state index contributed by atoms with van der Waals surface area (Å²) in [5.74, 6) is 0.627. The van der Waals surface area contributed by atoms with Crippen LogP contribution in [0.4, 0.5) is 0 Å². The highest BCUT2D eigenvalue weighted by molar-refractivity contribution is 5.82. The topological polar surface area (TPSA) is 79.2 Å². The van der Waals surface area contributed by atoms with Crippen LogP contribution < -0.4 is 16.0 Å². The number of carbonyl (C=O) groups is 1. The second-order valence-corrected chi connectivity index (χ2v) is 4.96. The van der Waals surface area contributed by atoms with Crippen LogP contribution in [0.1, 0.15) is 5.56 Å². The third-order valence-corrected chi connectivity index (χ3v) is 3.46. The molecule has 1 fully saturated rings. The van der Waals surface area contributed by atoms with Crippen molar-refractivity contribution < 1.29 is 9.21 Å². The van der Waals surface area contributed by atoms with Crippen molar-refractivity contribution in [2.45, 2.75) is 12.6 Å². The fraction of sp³-hybridized carbons (Fsp3) is 0.333.